The van der Waals surface area contributed by atoms with Gasteiger partial charge in [0.15, 0.2) is 15.9 Å². The molecular formula is C20H25NO4S. The third-order valence-corrected chi connectivity index (χ3v) is 5.27. The van der Waals surface area contributed by atoms with E-state index >= 15 is 0 Å². The van der Waals surface area contributed by atoms with E-state index in [2.05, 4.69) is 5.32 Å². The molecule has 2 atom stereocenters. The number of benzene rings is 2. The van der Waals surface area contributed by atoms with Gasteiger partial charge in [0.05, 0.1) is 10.9 Å². The van der Waals surface area contributed by atoms with Crippen LogP contribution in [0.25, 0.3) is 0 Å². The van der Waals surface area contributed by atoms with Gasteiger partial charge in [-0.1, -0.05) is 36.8 Å². The molecule has 0 spiro atoms. The molecule has 0 bridgehead atoms. The summed E-state index contributed by atoms with van der Waals surface area (Å²) in [5.74, 6) is 0.424. The molecule has 0 saturated carbocycles. The highest BCUT2D eigenvalue weighted by Crippen LogP contribution is 2.20. The van der Waals surface area contributed by atoms with Gasteiger partial charge in [0.2, 0.25) is 0 Å². The van der Waals surface area contributed by atoms with Gasteiger partial charge in [-0.2, -0.15) is 0 Å². The van der Waals surface area contributed by atoms with E-state index < -0.39 is 15.9 Å². The van der Waals surface area contributed by atoms with E-state index in [9.17, 15) is 13.2 Å². The lowest BCUT2D eigenvalue weighted by Gasteiger charge is -2.21. The van der Waals surface area contributed by atoms with Crippen molar-refractivity contribution in [3.63, 3.8) is 0 Å². The Balaban J connectivity index is 2.04. The SMILES string of the molecule is CC[C@H](NC(=O)[C@H](C)Oc1ccc(C)cc1)c1ccc(S(C)(=O)=O)cc1. The normalized spacial score (nSPS) is 13.7. The number of carbonyl (C=O) groups is 1. The van der Waals surface area contributed by atoms with Crippen molar-refractivity contribution in [2.24, 2.45) is 0 Å². The lowest BCUT2D eigenvalue weighted by Crippen LogP contribution is -2.38. The molecule has 0 aromatic heterocycles. The molecule has 0 fully saturated rings. The Morgan fingerprint density at radius 1 is 1.08 bits per heavy atom. The van der Waals surface area contributed by atoms with Crippen LogP contribution in [0.5, 0.6) is 5.75 Å². The number of carbonyl (C=O) groups excluding carboxylic acids is 1. The van der Waals surface area contributed by atoms with Crippen molar-refractivity contribution < 1.29 is 17.9 Å². The van der Waals surface area contributed by atoms with Crippen LogP contribution in [0, 0.1) is 6.92 Å². The van der Waals surface area contributed by atoms with Gasteiger partial charge in [0, 0.05) is 6.26 Å². The molecule has 140 valence electrons. The minimum Gasteiger partial charge on any atom is -0.481 e. The van der Waals surface area contributed by atoms with Crippen LogP contribution in [0.3, 0.4) is 0 Å². The topological polar surface area (TPSA) is 72.5 Å². The first kappa shape index (κ1) is 20.0. The summed E-state index contributed by atoms with van der Waals surface area (Å²) in [7, 11) is -3.23. The predicted octanol–water partition coefficient (Wildman–Crippen LogP) is 3.43. The minimum atomic E-state index is -3.23. The van der Waals surface area contributed by atoms with Crippen molar-refractivity contribution in [1.29, 1.82) is 0 Å². The summed E-state index contributed by atoms with van der Waals surface area (Å²) in [6.45, 7) is 5.65. The molecular weight excluding hydrogens is 350 g/mol. The number of hydrogen-bond acceptors (Lipinski definition) is 4. The highest BCUT2D eigenvalue weighted by molar-refractivity contribution is 7.90. The molecule has 1 N–H and O–H groups in total. The first-order valence-electron chi connectivity index (χ1n) is 8.54. The molecule has 0 saturated heterocycles. The van der Waals surface area contributed by atoms with Gasteiger partial charge in [0.1, 0.15) is 5.75 Å². The maximum Gasteiger partial charge on any atom is 0.261 e. The van der Waals surface area contributed by atoms with Gasteiger partial charge in [-0.3, -0.25) is 4.79 Å². The molecule has 0 aliphatic rings. The van der Waals surface area contributed by atoms with Crippen molar-refractivity contribution in [1.82, 2.24) is 5.32 Å². The van der Waals surface area contributed by atoms with Crippen LogP contribution < -0.4 is 10.1 Å². The van der Waals surface area contributed by atoms with Crippen LogP contribution in [0.4, 0.5) is 0 Å². The molecule has 0 unspecified atom stereocenters. The zero-order valence-corrected chi connectivity index (χ0v) is 16.3. The summed E-state index contributed by atoms with van der Waals surface area (Å²) in [5, 5.41) is 2.96. The van der Waals surface area contributed by atoms with Crippen LogP contribution in [-0.4, -0.2) is 26.7 Å². The van der Waals surface area contributed by atoms with Crippen LogP contribution in [0.2, 0.25) is 0 Å². The Morgan fingerprint density at radius 3 is 2.15 bits per heavy atom. The van der Waals surface area contributed by atoms with Crippen LogP contribution in [0.1, 0.15) is 37.4 Å². The number of sulfone groups is 1. The Kier molecular flexibility index (Phi) is 6.42. The quantitative estimate of drug-likeness (QED) is 0.805. The van der Waals surface area contributed by atoms with E-state index in [4.69, 9.17) is 4.74 Å². The van der Waals surface area contributed by atoms with Crippen molar-refractivity contribution in [2.45, 2.75) is 44.2 Å². The second kappa shape index (κ2) is 8.36. The zero-order valence-electron chi connectivity index (χ0n) is 15.5. The summed E-state index contributed by atoms with van der Waals surface area (Å²) >= 11 is 0. The fourth-order valence-corrected chi connectivity index (χ4v) is 3.16. The summed E-state index contributed by atoms with van der Waals surface area (Å²) < 4.78 is 28.8. The number of nitrogens with one attached hydrogen (secondary N) is 1. The second-order valence-electron chi connectivity index (χ2n) is 6.38. The molecule has 0 radical (unpaired) electrons. The van der Waals surface area contributed by atoms with Crippen molar-refractivity contribution in [3.05, 3.63) is 59.7 Å². The summed E-state index contributed by atoms with van der Waals surface area (Å²) in [4.78, 5) is 12.7. The van der Waals surface area contributed by atoms with E-state index in [1.165, 1.54) is 6.26 Å². The molecule has 26 heavy (non-hydrogen) atoms. The first-order chi connectivity index (χ1) is 12.2. The molecule has 5 nitrogen and oxygen atoms in total. The first-order valence-corrected chi connectivity index (χ1v) is 10.4. The van der Waals surface area contributed by atoms with Gasteiger partial charge < -0.3 is 10.1 Å². The fraction of sp³-hybridized carbons (Fsp3) is 0.350. The van der Waals surface area contributed by atoms with Crippen LogP contribution >= 0.6 is 0 Å². The monoisotopic (exact) mass is 375 g/mol. The van der Waals surface area contributed by atoms with Gasteiger partial charge in [-0.25, -0.2) is 8.42 Å². The summed E-state index contributed by atoms with van der Waals surface area (Å²) in [5.41, 5.74) is 1.98. The number of rotatable bonds is 7. The van der Waals surface area contributed by atoms with E-state index in [1.807, 2.05) is 38.1 Å². The molecule has 0 heterocycles. The Morgan fingerprint density at radius 2 is 1.65 bits per heavy atom. The number of amides is 1. The summed E-state index contributed by atoms with van der Waals surface area (Å²) in [6, 6.07) is 13.9. The zero-order chi connectivity index (χ0) is 19.3. The molecule has 1 amide bonds. The van der Waals surface area contributed by atoms with Gasteiger partial charge >= 0.3 is 0 Å². The van der Waals surface area contributed by atoms with E-state index in [1.54, 1.807) is 31.2 Å². The average Bonchev–Trinajstić information content (AvgIpc) is 2.60. The highest BCUT2D eigenvalue weighted by atomic mass is 32.2. The second-order valence-corrected chi connectivity index (χ2v) is 8.40. The number of ether oxygens (including phenoxy) is 1. The smallest absolute Gasteiger partial charge is 0.261 e. The standard InChI is InChI=1S/C20H25NO4S/c1-5-19(16-8-12-18(13-9-16)26(4,23)24)21-20(22)15(3)25-17-10-6-14(2)7-11-17/h6-13,15,19H,5H2,1-4H3,(H,21,22)/t15-,19-/m0/s1. The minimum absolute atomic E-state index is 0.208. The molecule has 2 rings (SSSR count). The number of hydrogen-bond donors (Lipinski definition) is 1. The van der Waals surface area contributed by atoms with Crippen LogP contribution in [-0.2, 0) is 14.6 Å². The van der Waals surface area contributed by atoms with Crippen LogP contribution in [0.15, 0.2) is 53.4 Å². The highest BCUT2D eigenvalue weighted by Gasteiger charge is 2.19. The maximum absolute atomic E-state index is 12.5. The van der Waals surface area contributed by atoms with Gasteiger partial charge in [0.25, 0.3) is 5.91 Å². The Labute approximate surface area is 155 Å². The van der Waals surface area contributed by atoms with Crippen molar-refractivity contribution >= 4 is 15.7 Å². The molecule has 2 aromatic carbocycles. The van der Waals surface area contributed by atoms with Gasteiger partial charge in [-0.05, 0) is 50.1 Å². The van der Waals surface area contributed by atoms with E-state index in [-0.39, 0.29) is 16.8 Å². The molecule has 0 aliphatic heterocycles. The largest absolute Gasteiger partial charge is 0.481 e. The third-order valence-electron chi connectivity index (χ3n) is 4.14. The lowest BCUT2D eigenvalue weighted by molar-refractivity contribution is -0.128. The van der Waals surface area contributed by atoms with E-state index in [0.29, 0.717) is 12.2 Å². The van der Waals surface area contributed by atoms with Gasteiger partial charge in [-0.15, -0.1) is 0 Å². The summed E-state index contributed by atoms with van der Waals surface area (Å²) in [6.07, 6.45) is 1.22. The molecule has 2 aromatic rings. The van der Waals surface area contributed by atoms with Crippen molar-refractivity contribution in [2.75, 3.05) is 6.26 Å². The lowest BCUT2D eigenvalue weighted by atomic mass is 10.0. The van der Waals surface area contributed by atoms with Crippen molar-refractivity contribution in [3.8, 4) is 5.75 Å². The number of aryl methyl sites for hydroxylation is 1. The third kappa shape index (κ3) is 5.33. The average molecular weight is 375 g/mol. The predicted molar refractivity (Wildman–Crippen MR) is 102 cm³/mol. The Bertz CT molecular complexity index is 842. The van der Waals surface area contributed by atoms with E-state index in [0.717, 1.165) is 11.1 Å². The Hall–Kier alpha value is -2.34. The molecule has 6 heteroatoms. The maximum atomic E-state index is 12.5. The fourth-order valence-electron chi connectivity index (χ4n) is 2.53. The molecule has 0 aliphatic carbocycles.